The number of aliphatic carboxylic acids is 1. The van der Waals surface area contributed by atoms with Crippen molar-refractivity contribution in [1.29, 1.82) is 0 Å². The molecule has 1 saturated heterocycles. The number of benzene rings is 1. The Hall–Kier alpha value is -1.42. The SMILES string of the molecule is O=C(O)C(C1CCCCC1)N1CCC(c2cccc(F)c2)C1. The molecule has 0 bridgehead atoms. The van der Waals surface area contributed by atoms with E-state index in [9.17, 15) is 14.3 Å². The maximum absolute atomic E-state index is 13.4. The van der Waals surface area contributed by atoms with Crippen LogP contribution in [0.15, 0.2) is 24.3 Å². The van der Waals surface area contributed by atoms with Crippen molar-refractivity contribution in [3.05, 3.63) is 35.6 Å². The van der Waals surface area contributed by atoms with Crippen molar-refractivity contribution in [2.24, 2.45) is 5.92 Å². The Bertz CT molecular complexity index is 528. The van der Waals surface area contributed by atoms with E-state index in [4.69, 9.17) is 0 Å². The molecule has 1 aromatic carbocycles. The third-order valence-electron chi connectivity index (χ3n) is 5.28. The van der Waals surface area contributed by atoms with Gasteiger partial charge >= 0.3 is 5.97 Å². The summed E-state index contributed by atoms with van der Waals surface area (Å²) in [5, 5.41) is 9.69. The fourth-order valence-electron chi connectivity index (χ4n) is 4.18. The van der Waals surface area contributed by atoms with Crippen LogP contribution in [0.25, 0.3) is 0 Å². The van der Waals surface area contributed by atoms with E-state index in [-0.39, 0.29) is 23.7 Å². The van der Waals surface area contributed by atoms with Gasteiger partial charge in [0.15, 0.2) is 0 Å². The molecule has 2 atom stereocenters. The fourth-order valence-corrected chi connectivity index (χ4v) is 4.18. The topological polar surface area (TPSA) is 40.5 Å². The number of carbonyl (C=O) groups is 1. The predicted octanol–water partition coefficient (Wildman–Crippen LogP) is 3.65. The second-order valence-electron chi connectivity index (χ2n) is 6.72. The molecule has 2 unspecified atom stereocenters. The largest absolute Gasteiger partial charge is 0.480 e. The maximum atomic E-state index is 13.4. The number of halogens is 1. The molecule has 1 aliphatic carbocycles. The van der Waals surface area contributed by atoms with E-state index < -0.39 is 5.97 Å². The Labute approximate surface area is 131 Å². The van der Waals surface area contributed by atoms with Gasteiger partial charge in [-0.3, -0.25) is 9.69 Å². The molecule has 1 saturated carbocycles. The first-order chi connectivity index (χ1) is 10.6. The summed E-state index contributed by atoms with van der Waals surface area (Å²) in [7, 11) is 0. The van der Waals surface area contributed by atoms with Gasteiger partial charge in [0.1, 0.15) is 11.9 Å². The van der Waals surface area contributed by atoms with Crippen LogP contribution in [0.4, 0.5) is 4.39 Å². The van der Waals surface area contributed by atoms with Gasteiger partial charge < -0.3 is 5.11 Å². The van der Waals surface area contributed by atoms with Gasteiger partial charge in [-0.1, -0.05) is 31.4 Å². The molecule has 1 aromatic rings. The lowest BCUT2D eigenvalue weighted by Crippen LogP contribution is -2.45. The molecule has 22 heavy (non-hydrogen) atoms. The molecule has 0 radical (unpaired) electrons. The molecule has 1 aliphatic heterocycles. The van der Waals surface area contributed by atoms with E-state index in [1.807, 2.05) is 6.07 Å². The van der Waals surface area contributed by atoms with E-state index >= 15 is 0 Å². The van der Waals surface area contributed by atoms with Crippen molar-refractivity contribution in [3.63, 3.8) is 0 Å². The van der Waals surface area contributed by atoms with Gasteiger partial charge in [0.2, 0.25) is 0 Å². The highest BCUT2D eigenvalue weighted by atomic mass is 19.1. The van der Waals surface area contributed by atoms with Crippen LogP contribution in [0, 0.1) is 11.7 Å². The summed E-state index contributed by atoms with van der Waals surface area (Å²) in [4.78, 5) is 13.9. The molecule has 0 amide bonds. The molecular formula is C18H24FNO2. The van der Waals surface area contributed by atoms with Crippen LogP contribution in [-0.4, -0.2) is 35.1 Å². The lowest BCUT2D eigenvalue weighted by atomic mass is 9.83. The minimum Gasteiger partial charge on any atom is -0.480 e. The number of nitrogens with zero attached hydrogens (tertiary/aromatic N) is 1. The third kappa shape index (κ3) is 3.32. The predicted molar refractivity (Wildman–Crippen MR) is 83.3 cm³/mol. The molecule has 120 valence electrons. The Morgan fingerprint density at radius 2 is 2.00 bits per heavy atom. The summed E-state index contributed by atoms with van der Waals surface area (Å²) in [5.74, 6) is -0.372. The van der Waals surface area contributed by atoms with Crippen LogP contribution in [0.3, 0.4) is 0 Å². The van der Waals surface area contributed by atoms with Crippen LogP contribution in [0.1, 0.15) is 50.0 Å². The van der Waals surface area contributed by atoms with Gasteiger partial charge in [0.05, 0.1) is 0 Å². The highest BCUT2D eigenvalue weighted by molar-refractivity contribution is 5.74. The van der Waals surface area contributed by atoms with Crippen LogP contribution in [0.5, 0.6) is 0 Å². The minimum atomic E-state index is -0.688. The van der Waals surface area contributed by atoms with Gasteiger partial charge in [0.25, 0.3) is 0 Å². The lowest BCUT2D eigenvalue weighted by Gasteiger charge is -2.33. The monoisotopic (exact) mass is 305 g/mol. The molecular weight excluding hydrogens is 281 g/mol. The third-order valence-corrected chi connectivity index (χ3v) is 5.28. The van der Waals surface area contributed by atoms with Crippen molar-refractivity contribution < 1.29 is 14.3 Å². The summed E-state index contributed by atoms with van der Waals surface area (Å²) in [5.41, 5.74) is 0.996. The molecule has 0 spiro atoms. The van der Waals surface area contributed by atoms with Crippen molar-refractivity contribution in [2.75, 3.05) is 13.1 Å². The summed E-state index contributed by atoms with van der Waals surface area (Å²) in [6.45, 7) is 1.53. The molecule has 0 aromatic heterocycles. The second-order valence-corrected chi connectivity index (χ2v) is 6.72. The Morgan fingerprint density at radius 3 is 2.68 bits per heavy atom. The van der Waals surface area contributed by atoms with E-state index in [0.29, 0.717) is 0 Å². The zero-order valence-electron chi connectivity index (χ0n) is 12.9. The van der Waals surface area contributed by atoms with Crippen LogP contribution < -0.4 is 0 Å². The number of likely N-dealkylation sites (tertiary alicyclic amines) is 1. The minimum absolute atomic E-state index is 0.210. The molecule has 1 heterocycles. The quantitative estimate of drug-likeness (QED) is 0.923. The van der Waals surface area contributed by atoms with Gasteiger partial charge in [0, 0.05) is 6.54 Å². The highest BCUT2D eigenvalue weighted by Gasteiger charge is 2.38. The zero-order chi connectivity index (χ0) is 15.5. The van der Waals surface area contributed by atoms with Gasteiger partial charge in [-0.25, -0.2) is 4.39 Å². The van der Waals surface area contributed by atoms with Crippen molar-refractivity contribution in [1.82, 2.24) is 4.90 Å². The number of hydrogen-bond donors (Lipinski definition) is 1. The summed E-state index contributed by atoms with van der Waals surface area (Å²) in [6.07, 6.45) is 6.50. The molecule has 4 heteroatoms. The van der Waals surface area contributed by atoms with Crippen LogP contribution in [0.2, 0.25) is 0 Å². The number of hydrogen-bond acceptors (Lipinski definition) is 2. The van der Waals surface area contributed by atoms with E-state index in [2.05, 4.69) is 4.90 Å². The molecule has 3 nitrogen and oxygen atoms in total. The van der Waals surface area contributed by atoms with Gasteiger partial charge in [-0.05, 0) is 55.3 Å². The first kappa shape index (κ1) is 15.5. The summed E-state index contributed by atoms with van der Waals surface area (Å²) < 4.78 is 13.4. The highest BCUT2D eigenvalue weighted by Crippen LogP contribution is 2.34. The summed E-state index contributed by atoms with van der Waals surface area (Å²) >= 11 is 0. The number of carboxylic acids is 1. The number of carboxylic acid groups (broad SMARTS) is 1. The van der Waals surface area contributed by atoms with E-state index in [1.54, 1.807) is 12.1 Å². The molecule has 2 aliphatic rings. The van der Waals surface area contributed by atoms with Crippen molar-refractivity contribution in [3.8, 4) is 0 Å². The van der Waals surface area contributed by atoms with E-state index in [1.165, 1.54) is 12.5 Å². The fraction of sp³-hybridized carbons (Fsp3) is 0.611. The Morgan fingerprint density at radius 1 is 1.23 bits per heavy atom. The number of rotatable bonds is 4. The zero-order valence-corrected chi connectivity index (χ0v) is 12.9. The van der Waals surface area contributed by atoms with Gasteiger partial charge in [-0.15, -0.1) is 0 Å². The molecule has 3 rings (SSSR count). The average molecular weight is 305 g/mol. The molecule has 2 fully saturated rings. The Balaban J connectivity index is 1.70. The van der Waals surface area contributed by atoms with Crippen molar-refractivity contribution >= 4 is 5.97 Å². The van der Waals surface area contributed by atoms with Gasteiger partial charge in [-0.2, -0.15) is 0 Å². The molecule has 1 N–H and O–H groups in total. The van der Waals surface area contributed by atoms with Crippen LogP contribution in [-0.2, 0) is 4.79 Å². The lowest BCUT2D eigenvalue weighted by molar-refractivity contribution is -0.145. The first-order valence-corrected chi connectivity index (χ1v) is 8.37. The normalized spacial score (nSPS) is 25.2. The average Bonchev–Trinajstić information content (AvgIpc) is 2.98. The summed E-state index contributed by atoms with van der Waals surface area (Å²) in [6, 6.07) is 6.37. The smallest absolute Gasteiger partial charge is 0.321 e. The maximum Gasteiger partial charge on any atom is 0.321 e. The first-order valence-electron chi connectivity index (χ1n) is 8.37. The Kier molecular flexibility index (Phi) is 4.77. The standard InChI is InChI=1S/C18H24FNO2/c19-16-8-4-7-14(11-16)15-9-10-20(12-15)17(18(21)22)13-5-2-1-3-6-13/h4,7-8,11,13,15,17H,1-3,5-6,9-10,12H2,(H,21,22). The van der Waals surface area contributed by atoms with Crippen LogP contribution >= 0.6 is 0 Å². The van der Waals surface area contributed by atoms with Crippen molar-refractivity contribution in [2.45, 2.75) is 50.5 Å². The second kappa shape index (κ2) is 6.78. The van der Waals surface area contributed by atoms with E-state index in [0.717, 1.165) is 50.8 Å².